The van der Waals surface area contributed by atoms with Crippen LogP contribution in [0.25, 0.3) is 0 Å². The van der Waals surface area contributed by atoms with Crippen molar-refractivity contribution in [2.75, 3.05) is 23.8 Å². The predicted molar refractivity (Wildman–Crippen MR) is 73.0 cm³/mol. The molecule has 2 fully saturated rings. The van der Waals surface area contributed by atoms with Gasteiger partial charge in [-0.3, -0.25) is 0 Å². The molecule has 1 saturated heterocycles. The molecule has 3 heteroatoms. The van der Waals surface area contributed by atoms with Crippen molar-refractivity contribution in [2.45, 2.75) is 43.9 Å². The Balaban J connectivity index is 1.65. The average Bonchev–Trinajstić information content (AvgIpc) is 3.09. The fourth-order valence-electron chi connectivity index (χ4n) is 2.25. The van der Waals surface area contributed by atoms with E-state index in [1.165, 1.54) is 49.5 Å². The van der Waals surface area contributed by atoms with Gasteiger partial charge in [0.1, 0.15) is 0 Å². The zero-order chi connectivity index (χ0) is 10.5. The van der Waals surface area contributed by atoms with Crippen molar-refractivity contribution in [3.8, 4) is 0 Å². The molecular weight excluding hydrogens is 222 g/mol. The topological polar surface area (TPSA) is 12.0 Å². The normalized spacial score (nSPS) is 29.0. The van der Waals surface area contributed by atoms with Gasteiger partial charge >= 0.3 is 0 Å². The van der Waals surface area contributed by atoms with Crippen molar-refractivity contribution in [3.05, 3.63) is 0 Å². The molecule has 1 heterocycles. The van der Waals surface area contributed by atoms with Crippen LogP contribution in [0, 0.1) is 5.92 Å². The molecule has 0 amide bonds. The van der Waals surface area contributed by atoms with E-state index in [9.17, 15) is 0 Å². The third-order valence-corrected chi connectivity index (χ3v) is 6.13. The summed E-state index contributed by atoms with van der Waals surface area (Å²) in [6.07, 6.45) is 5.67. The minimum atomic E-state index is 0.836. The molecule has 1 aliphatic heterocycles. The summed E-state index contributed by atoms with van der Waals surface area (Å²) in [4.78, 5) is 0. The summed E-state index contributed by atoms with van der Waals surface area (Å²) < 4.78 is 0. The van der Waals surface area contributed by atoms with Crippen LogP contribution in [0.1, 0.15) is 32.6 Å². The molecule has 0 spiro atoms. The van der Waals surface area contributed by atoms with Crippen LogP contribution in [-0.2, 0) is 0 Å². The SMILES string of the molecule is CCCC(NCC1CSCCS1)C1CC1. The Morgan fingerprint density at radius 2 is 2.20 bits per heavy atom. The minimum absolute atomic E-state index is 0.836. The van der Waals surface area contributed by atoms with E-state index in [4.69, 9.17) is 0 Å². The van der Waals surface area contributed by atoms with E-state index in [0.29, 0.717) is 0 Å². The molecule has 2 rings (SSSR count). The lowest BCUT2D eigenvalue weighted by molar-refractivity contribution is 0.434. The summed E-state index contributed by atoms with van der Waals surface area (Å²) >= 11 is 4.30. The van der Waals surface area contributed by atoms with E-state index in [1.54, 1.807) is 0 Å². The highest BCUT2D eigenvalue weighted by molar-refractivity contribution is 8.06. The first kappa shape index (κ1) is 12.1. The molecule has 0 bridgehead atoms. The third kappa shape index (κ3) is 4.20. The van der Waals surface area contributed by atoms with Crippen molar-refractivity contribution in [3.63, 3.8) is 0 Å². The van der Waals surface area contributed by atoms with Gasteiger partial charge in [0.2, 0.25) is 0 Å². The van der Waals surface area contributed by atoms with Gasteiger partial charge in [0.15, 0.2) is 0 Å². The highest BCUT2D eigenvalue weighted by atomic mass is 32.2. The lowest BCUT2D eigenvalue weighted by atomic mass is 10.1. The smallest absolute Gasteiger partial charge is 0.0263 e. The van der Waals surface area contributed by atoms with Gasteiger partial charge in [-0.1, -0.05) is 13.3 Å². The number of thioether (sulfide) groups is 2. The average molecular weight is 245 g/mol. The van der Waals surface area contributed by atoms with E-state index in [2.05, 4.69) is 35.8 Å². The van der Waals surface area contributed by atoms with E-state index in [0.717, 1.165) is 17.2 Å². The van der Waals surface area contributed by atoms with Crippen LogP contribution in [0.4, 0.5) is 0 Å². The van der Waals surface area contributed by atoms with Crippen LogP contribution < -0.4 is 5.32 Å². The van der Waals surface area contributed by atoms with Crippen LogP contribution in [0.2, 0.25) is 0 Å². The molecule has 1 N–H and O–H groups in total. The second-order valence-electron chi connectivity index (χ2n) is 4.71. The zero-order valence-electron chi connectivity index (χ0n) is 9.71. The first-order chi connectivity index (χ1) is 7.40. The predicted octanol–water partition coefficient (Wildman–Crippen LogP) is 3.00. The minimum Gasteiger partial charge on any atom is -0.313 e. The Labute approximate surface area is 103 Å². The fourth-order valence-corrected chi connectivity index (χ4v) is 4.88. The van der Waals surface area contributed by atoms with Crippen LogP contribution in [0.5, 0.6) is 0 Å². The first-order valence-electron chi connectivity index (χ1n) is 6.33. The lowest BCUT2D eigenvalue weighted by Gasteiger charge is -2.25. The number of hydrogen-bond donors (Lipinski definition) is 1. The Morgan fingerprint density at radius 1 is 1.33 bits per heavy atom. The van der Waals surface area contributed by atoms with Crippen LogP contribution in [0.3, 0.4) is 0 Å². The van der Waals surface area contributed by atoms with Gasteiger partial charge in [-0.25, -0.2) is 0 Å². The standard InChI is InChI=1S/C12H23NS2/c1-2-3-12(10-4-5-10)13-8-11-9-14-6-7-15-11/h10-13H,2-9H2,1H3. The van der Waals surface area contributed by atoms with Crippen LogP contribution in [0.15, 0.2) is 0 Å². The maximum Gasteiger partial charge on any atom is 0.0263 e. The number of rotatable bonds is 6. The van der Waals surface area contributed by atoms with E-state index in [1.807, 2.05) is 0 Å². The molecule has 88 valence electrons. The van der Waals surface area contributed by atoms with E-state index < -0.39 is 0 Å². The second kappa shape index (κ2) is 6.41. The fraction of sp³-hybridized carbons (Fsp3) is 1.00. The molecular formula is C12H23NS2. The zero-order valence-corrected chi connectivity index (χ0v) is 11.3. The summed E-state index contributed by atoms with van der Waals surface area (Å²) in [5, 5.41) is 4.69. The number of hydrogen-bond acceptors (Lipinski definition) is 3. The van der Waals surface area contributed by atoms with Crippen LogP contribution in [-0.4, -0.2) is 35.1 Å². The molecule has 1 nitrogen and oxygen atoms in total. The summed E-state index contributed by atoms with van der Waals surface area (Å²) in [6.45, 7) is 3.56. The summed E-state index contributed by atoms with van der Waals surface area (Å²) in [6, 6.07) is 0.836. The maximum absolute atomic E-state index is 3.82. The molecule has 0 radical (unpaired) electrons. The maximum atomic E-state index is 3.82. The Morgan fingerprint density at radius 3 is 2.80 bits per heavy atom. The highest BCUT2D eigenvalue weighted by Gasteiger charge is 2.30. The lowest BCUT2D eigenvalue weighted by Crippen LogP contribution is -2.37. The molecule has 0 aromatic heterocycles. The largest absolute Gasteiger partial charge is 0.313 e. The van der Waals surface area contributed by atoms with Crippen LogP contribution >= 0.6 is 23.5 Å². The highest BCUT2D eigenvalue weighted by Crippen LogP contribution is 2.34. The van der Waals surface area contributed by atoms with Gasteiger partial charge in [-0.15, -0.1) is 0 Å². The Bertz CT molecular complexity index is 176. The first-order valence-corrected chi connectivity index (χ1v) is 8.53. The Hall–Kier alpha value is 0.660. The molecule has 1 saturated carbocycles. The Kier molecular flexibility index (Phi) is 5.18. The van der Waals surface area contributed by atoms with Crippen molar-refractivity contribution >= 4 is 23.5 Å². The molecule has 1 aliphatic carbocycles. The quantitative estimate of drug-likeness (QED) is 0.772. The van der Waals surface area contributed by atoms with Gasteiger partial charge in [0, 0.05) is 35.1 Å². The van der Waals surface area contributed by atoms with Crippen molar-refractivity contribution < 1.29 is 0 Å². The number of nitrogens with one attached hydrogen (secondary N) is 1. The van der Waals surface area contributed by atoms with Gasteiger partial charge < -0.3 is 5.32 Å². The summed E-state index contributed by atoms with van der Waals surface area (Å²) in [5.74, 6) is 5.11. The summed E-state index contributed by atoms with van der Waals surface area (Å²) in [7, 11) is 0. The van der Waals surface area contributed by atoms with Crippen molar-refractivity contribution in [1.82, 2.24) is 5.32 Å². The monoisotopic (exact) mass is 245 g/mol. The van der Waals surface area contributed by atoms with Crippen molar-refractivity contribution in [1.29, 1.82) is 0 Å². The van der Waals surface area contributed by atoms with Gasteiger partial charge in [-0.05, 0) is 25.2 Å². The second-order valence-corrected chi connectivity index (χ2v) is 7.27. The molecule has 2 aliphatic rings. The van der Waals surface area contributed by atoms with E-state index >= 15 is 0 Å². The van der Waals surface area contributed by atoms with Gasteiger partial charge in [0.25, 0.3) is 0 Å². The molecule has 0 aromatic rings. The van der Waals surface area contributed by atoms with Gasteiger partial charge in [0.05, 0.1) is 0 Å². The molecule has 0 aromatic carbocycles. The summed E-state index contributed by atoms with van der Waals surface area (Å²) in [5.41, 5.74) is 0. The molecule has 2 atom stereocenters. The molecule has 15 heavy (non-hydrogen) atoms. The third-order valence-electron chi connectivity index (χ3n) is 3.28. The van der Waals surface area contributed by atoms with Gasteiger partial charge in [-0.2, -0.15) is 23.5 Å². The van der Waals surface area contributed by atoms with E-state index in [-0.39, 0.29) is 0 Å². The molecule has 2 unspecified atom stereocenters. The van der Waals surface area contributed by atoms with Crippen molar-refractivity contribution in [2.24, 2.45) is 5.92 Å².